The zero-order valence-corrected chi connectivity index (χ0v) is 9.99. The lowest BCUT2D eigenvalue weighted by Gasteiger charge is -2.10. The third-order valence-electron chi connectivity index (χ3n) is 2.83. The van der Waals surface area contributed by atoms with Crippen molar-refractivity contribution in [3.05, 3.63) is 41.2 Å². The molecule has 0 amide bonds. The van der Waals surface area contributed by atoms with Crippen LogP contribution in [0.15, 0.2) is 24.4 Å². The van der Waals surface area contributed by atoms with E-state index in [-0.39, 0.29) is 0 Å². The van der Waals surface area contributed by atoms with E-state index in [2.05, 4.69) is 44.1 Å². The predicted molar refractivity (Wildman–Crippen MR) is 66.8 cm³/mol. The van der Waals surface area contributed by atoms with Crippen LogP contribution < -0.4 is 5.73 Å². The molecule has 16 heavy (non-hydrogen) atoms. The normalized spacial score (nSPS) is 10.7. The molecule has 0 aliphatic carbocycles. The molecule has 84 valence electrons. The van der Waals surface area contributed by atoms with Crippen LogP contribution in [0.4, 0.5) is 5.69 Å². The summed E-state index contributed by atoms with van der Waals surface area (Å²) < 4.78 is 1.94. The maximum absolute atomic E-state index is 5.89. The van der Waals surface area contributed by atoms with Gasteiger partial charge in [-0.2, -0.15) is 5.10 Å². The number of anilines is 1. The van der Waals surface area contributed by atoms with Crippen molar-refractivity contribution >= 4 is 5.69 Å². The van der Waals surface area contributed by atoms with E-state index in [0.29, 0.717) is 0 Å². The fourth-order valence-corrected chi connectivity index (χ4v) is 1.90. The number of hydrogen-bond donors (Lipinski definition) is 1. The van der Waals surface area contributed by atoms with Crippen molar-refractivity contribution in [2.45, 2.75) is 27.2 Å². The Bertz CT molecular complexity index is 512. The van der Waals surface area contributed by atoms with Crippen LogP contribution in [0.2, 0.25) is 0 Å². The average Bonchev–Trinajstić information content (AvgIpc) is 2.63. The minimum atomic E-state index is 0.767. The predicted octanol–water partition coefficient (Wildman–Crippen LogP) is 2.63. The van der Waals surface area contributed by atoms with E-state index in [1.165, 1.54) is 11.1 Å². The van der Waals surface area contributed by atoms with Gasteiger partial charge in [-0.1, -0.05) is 19.1 Å². The summed E-state index contributed by atoms with van der Waals surface area (Å²) in [6.07, 6.45) is 2.61. The van der Waals surface area contributed by atoms with Crippen molar-refractivity contribution in [2.75, 3.05) is 5.73 Å². The highest BCUT2D eigenvalue weighted by atomic mass is 15.3. The zero-order chi connectivity index (χ0) is 11.7. The minimum absolute atomic E-state index is 0.767. The molecular formula is C13H17N3. The van der Waals surface area contributed by atoms with E-state index in [0.717, 1.165) is 23.5 Å². The van der Waals surface area contributed by atoms with Crippen LogP contribution in [0.25, 0.3) is 5.69 Å². The van der Waals surface area contributed by atoms with Gasteiger partial charge in [0.25, 0.3) is 0 Å². The van der Waals surface area contributed by atoms with Crippen molar-refractivity contribution in [2.24, 2.45) is 0 Å². The first-order chi connectivity index (χ1) is 7.63. The Labute approximate surface area is 95.9 Å². The second kappa shape index (κ2) is 4.00. The first kappa shape index (κ1) is 10.7. The lowest BCUT2D eigenvalue weighted by atomic mass is 10.1. The Morgan fingerprint density at radius 2 is 2.06 bits per heavy atom. The van der Waals surface area contributed by atoms with Crippen LogP contribution in [0.1, 0.15) is 23.7 Å². The Hall–Kier alpha value is -1.77. The fourth-order valence-electron chi connectivity index (χ4n) is 1.90. The molecule has 0 radical (unpaired) electrons. The summed E-state index contributed by atoms with van der Waals surface area (Å²) in [7, 11) is 0. The van der Waals surface area contributed by atoms with Gasteiger partial charge in [-0.05, 0) is 37.5 Å². The zero-order valence-electron chi connectivity index (χ0n) is 9.99. The topological polar surface area (TPSA) is 43.8 Å². The van der Waals surface area contributed by atoms with Crippen LogP contribution in [0, 0.1) is 13.8 Å². The van der Waals surface area contributed by atoms with Crippen LogP contribution in [0.5, 0.6) is 0 Å². The van der Waals surface area contributed by atoms with E-state index in [1.807, 2.05) is 4.68 Å². The highest BCUT2D eigenvalue weighted by Gasteiger charge is 2.09. The minimum Gasteiger partial charge on any atom is -0.396 e. The van der Waals surface area contributed by atoms with Gasteiger partial charge in [-0.15, -0.1) is 0 Å². The summed E-state index contributed by atoms with van der Waals surface area (Å²) in [5.41, 5.74) is 11.3. The van der Waals surface area contributed by atoms with Gasteiger partial charge in [-0.3, -0.25) is 0 Å². The highest BCUT2D eigenvalue weighted by Crippen LogP contribution is 2.20. The second-order valence-corrected chi connectivity index (χ2v) is 4.10. The van der Waals surface area contributed by atoms with E-state index >= 15 is 0 Å². The van der Waals surface area contributed by atoms with Crippen molar-refractivity contribution in [3.8, 4) is 5.69 Å². The number of nitrogens with two attached hydrogens (primary N) is 1. The number of aryl methyl sites for hydroxylation is 2. The summed E-state index contributed by atoms with van der Waals surface area (Å²) in [6.45, 7) is 6.27. The second-order valence-electron chi connectivity index (χ2n) is 4.10. The standard InChI is InChI=1S/C13H17N3/c1-4-12-11(14)8-15-16(12)13-7-9(2)5-6-10(13)3/h5-8H,4,14H2,1-3H3. The smallest absolute Gasteiger partial charge is 0.0737 e. The van der Waals surface area contributed by atoms with E-state index in [1.54, 1.807) is 6.20 Å². The third kappa shape index (κ3) is 1.69. The van der Waals surface area contributed by atoms with Crippen LogP contribution in [-0.2, 0) is 6.42 Å². The van der Waals surface area contributed by atoms with E-state index in [9.17, 15) is 0 Å². The SMILES string of the molecule is CCc1c(N)cnn1-c1cc(C)ccc1C. The molecule has 1 heterocycles. The molecule has 0 fully saturated rings. The molecule has 1 aromatic heterocycles. The van der Waals surface area contributed by atoms with Crippen LogP contribution in [-0.4, -0.2) is 9.78 Å². The van der Waals surface area contributed by atoms with Crippen molar-refractivity contribution in [1.82, 2.24) is 9.78 Å². The van der Waals surface area contributed by atoms with E-state index in [4.69, 9.17) is 5.73 Å². The quantitative estimate of drug-likeness (QED) is 0.837. The number of rotatable bonds is 2. The lowest BCUT2D eigenvalue weighted by molar-refractivity contribution is 0.808. The van der Waals surface area contributed by atoms with Gasteiger partial charge in [0.15, 0.2) is 0 Å². The number of nitrogen functional groups attached to an aromatic ring is 1. The Balaban J connectivity index is 2.62. The van der Waals surface area contributed by atoms with Gasteiger partial charge < -0.3 is 5.73 Å². The van der Waals surface area contributed by atoms with Gasteiger partial charge >= 0.3 is 0 Å². The van der Waals surface area contributed by atoms with Gasteiger partial charge in [-0.25, -0.2) is 4.68 Å². The van der Waals surface area contributed by atoms with Gasteiger partial charge in [0.05, 0.1) is 23.3 Å². The maximum Gasteiger partial charge on any atom is 0.0737 e. The van der Waals surface area contributed by atoms with Crippen molar-refractivity contribution in [3.63, 3.8) is 0 Å². The summed E-state index contributed by atoms with van der Waals surface area (Å²) in [5.74, 6) is 0. The molecule has 2 aromatic rings. The van der Waals surface area contributed by atoms with Crippen molar-refractivity contribution in [1.29, 1.82) is 0 Å². The van der Waals surface area contributed by atoms with E-state index < -0.39 is 0 Å². The highest BCUT2D eigenvalue weighted by molar-refractivity contribution is 5.49. The van der Waals surface area contributed by atoms with Crippen LogP contribution >= 0.6 is 0 Å². The van der Waals surface area contributed by atoms with Crippen LogP contribution in [0.3, 0.4) is 0 Å². The summed E-state index contributed by atoms with van der Waals surface area (Å²) in [5, 5.41) is 4.35. The van der Waals surface area contributed by atoms with Gasteiger partial charge in [0.1, 0.15) is 0 Å². The maximum atomic E-state index is 5.89. The largest absolute Gasteiger partial charge is 0.396 e. The molecule has 3 heteroatoms. The molecule has 2 N–H and O–H groups in total. The summed E-state index contributed by atoms with van der Waals surface area (Å²) >= 11 is 0. The summed E-state index contributed by atoms with van der Waals surface area (Å²) in [6, 6.07) is 6.36. The fraction of sp³-hybridized carbons (Fsp3) is 0.308. The number of nitrogens with zero attached hydrogens (tertiary/aromatic N) is 2. The number of hydrogen-bond acceptors (Lipinski definition) is 2. The lowest BCUT2D eigenvalue weighted by Crippen LogP contribution is -2.04. The average molecular weight is 215 g/mol. The molecule has 0 aliphatic heterocycles. The monoisotopic (exact) mass is 215 g/mol. The number of aromatic nitrogens is 2. The molecule has 0 aliphatic rings. The first-order valence-electron chi connectivity index (χ1n) is 5.53. The molecule has 0 unspecified atom stereocenters. The molecule has 0 atom stereocenters. The molecule has 0 saturated carbocycles. The Morgan fingerprint density at radius 1 is 1.31 bits per heavy atom. The first-order valence-corrected chi connectivity index (χ1v) is 5.53. The molecule has 0 spiro atoms. The molecule has 0 bridgehead atoms. The molecule has 3 nitrogen and oxygen atoms in total. The van der Waals surface area contributed by atoms with Gasteiger partial charge in [0.2, 0.25) is 0 Å². The third-order valence-corrected chi connectivity index (χ3v) is 2.83. The molecule has 1 aromatic carbocycles. The van der Waals surface area contributed by atoms with Crippen molar-refractivity contribution < 1.29 is 0 Å². The molecule has 2 rings (SSSR count). The summed E-state index contributed by atoms with van der Waals surface area (Å²) in [4.78, 5) is 0. The Kier molecular flexibility index (Phi) is 2.69. The number of benzene rings is 1. The molecule has 0 saturated heterocycles. The van der Waals surface area contributed by atoms with Gasteiger partial charge in [0, 0.05) is 0 Å². The molecular weight excluding hydrogens is 198 g/mol. The Morgan fingerprint density at radius 3 is 2.75 bits per heavy atom.